The van der Waals surface area contributed by atoms with Crippen LogP contribution in [-0.2, 0) is 10.1 Å². The number of fused-ring (bicyclic) bond motifs is 1. The number of allylic oxidation sites excluding steroid dienone is 7. The molecule has 1 aromatic rings. The van der Waals surface area contributed by atoms with Crippen LogP contribution in [0.5, 0.6) is 0 Å². The van der Waals surface area contributed by atoms with Crippen LogP contribution in [0.15, 0.2) is 78.1 Å². The fourth-order valence-corrected chi connectivity index (χ4v) is 5.01. The van der Waals surface area contributed by atoms with Gasteiger partial charge >= 0.3 is 0 Å². The third-order valence-electron chi connectivity index (χ3n) is 6.33. The van der Waals surface area contributed by atoms with Crippen LogP contribution in [0.4, 0.5) is 5.69 Å². The Labute approximate surface area is 175 Å². The number of likely N-dealkylation sites (N-methyl/N-ethyl adjacent to an activating group) is 1. The third kappa shape index (κ3) is 4.90. The Balaban J connectivity index is 2.04. The van der Waals surface area contributed by atoms with Crippen LogP contribution in [0.3, 0.4) is 0 Å². The SMILES string of the molecule is CCC(C)(CCCS(=O)(=O)O)C1=C(N(C)c2ccccc2)C=CC2C=CC=CC12. The maximum Gasteiger partial charge on any atom is 0.264 e. The normalized spacial score (nSPS) is 23.0. The Morgan fingerprint density at radius 1 is 1.10 bits per heavy atom. The summed E-state index contributed by atoms with van der Waals surface area (Å²) in [4.78, 5) is 2.23. The van der Waals surface area contributed by atoms with Gasteiger partial charge in [0.1, 0.15) is 0 Å². The first-order chi connectivity index (χ1) is 13.7. The second kappa shape index (κ2) is 8.72. The highest BCUT2D eigenvalue weighted by Gasteiger charge is 2.38. The van der Waals surface area contributed by atoms with Crippen molar-refractivity contribution in [2.75, 3.05) is 17.7 Å². The van der Waals surface area contributed by atoms with E-state index < -0.39 is 10.1 Å². The zero-order valence-corrected chi connectivity index (χ0v) is 18.3. The maximum atomic E-state index is 11.3. The number of benzene rings is 1. The molecule has 0 radical (unpaired) electrons. The molecular weight excluding hydrogens is 382 g/mol. The van der Waals surface area contributed by atoms with E-state index in [9.17, 15) is 13.0 Å². The summed E-state index contributed by atoms with van der Waals surface area (Å²) in [5.74, 6) is 0.372. The minimum absolute atomic E-state index is 0.174. The van der Waals surface area contributed by atoms with Crippen molar-refractivity contribution in [1.29, 1.82) is 0 Å². The molecule has 0 aliphatic heterocycles. The van der Waals surface area contributed by atoms with Gasteiger partial charge in [-0.15, -0.1) is 0 Å². The lowest BCUT2D eigenvalue weighted by Gasteiger charge is -2.43. The number of anilines is 1. The van der Waals surface area contributed by atoms with E-state index in [2.05, 4.69) is 74.4 Å². The molecule has 0 heterocycles. The predicted molar refractivity (Wildman–Crippen MR) is 120 cm³/mol. The van der Waals surface area contributed by atoms with Gasteiger partial charge in [-0.25, -0.2) is 0 Å². The molecule has 2 aliphatic carbocycles. The summed E-state index contributed by atoms with van der Waals surface area (Å²) in [5, 5.41) is 0. The van der Waals surface area contributed by atoms with E-state index in [-0.39, 0.29) is 17.1 Å². The van der Waals surface area contributed by atoms with Crippen molar-refractivity contribution in [3.8, 4) is 0 Å². The van der Waals surface area contributed by atoms with Gasteiger partial charge in [0.25, 0.3) is 10.1 Å². The van der Waals surface area contributed by atoms with Gasteiger partial charge in [-0.05, 0) is 48.5 Å². The lowest BCUT2D eigenvalue weighted by atomic mass is 9.64. The van der Waals surface area contributed by atoms with Crippen molar-refractivity contribution < 1.29 is 13.0 Å². The molecule has 0 spiro atoms. The summed E-state index contributed by atoms with van der Waals surface area (Å²) < 4.78 is 31.7. The lowest BCUT2D eigenvalue weighted by Crippen LogP contribution is -2.34. The number of rotatable bonds is 8. The molecular formula is C24H31NO3S. The highest BCUT2D eigenvalue weighted by Crippen LogP contribution is 2.48. The van der Waals surface area contributed by atoms with E-state index in [1.807, 2.05) is 18.2 Å². The standard InChI is InChI=1S/C24H31NO3S/c1-4-24(2,17-10-18-29(26,27)28)23-21-14-9-8-11-19(21)15-16-22(23)25(3)20-12-6-5-7-13-20/h5-9,11-16,19,21H,4,10,17-18H2,1-3H3,(H,26,27,28). The molecule has 0 bridgehead atoms. The lowest BCUT2D eigenvalue weighted by molar-refractivity contribution is 0.305. The van der Waals surface area contributed by atoms with Crippen LogP contribution < -0.4 is 4.90 Å². The minimum atomic E-state index is -3.95. The topological polar surface area (TPSA) is 57.6 Å². The van der Waals surface area contributed by atoms with E-state index in [4.69, 9.17) is 0 Å². The summed E-state index contributed by atoms with van der Waals surface area (Å²) in [6.45, 7) is 4.39. The van der Waals surface area contributed by atoms with Gasteiger partial charge in [0.15, 0.2) is 0 Å². The Hall–Kier alpha value is -2.11. The second-order valence-corrected chi connectivity index (χ2v) is 9.80. The number of para-hydroxylation sites is 1. The van der Waals surface area contributed by atoms with Crippen LogP contribution in [0.2, 0.25) is 0 Å². The average molecular weight is 414 g/mol. The molecule has 2 aliphatic rings. The Morgan fingerprint density at radius 3 is 2.45 bits per heavy atom. The van der Waals surface area contributed by atoms with Crippen LogP contribution in [0.25, 0.3) is 0 Å². The average Bonchev–Trinajstić information content (AvgIpc) is 2.72. The molecule has 1 aromatic carbocycles. The van der Waals surface area contributed by atoms with Gasteiger partial charge in [-0.1, -0.05) is 62.4 Å². The molecule has 0 saturated carbocycles. The van der Waals surface area contributed by atoms with Crippen molar-refractivity contribution in [1.82, 2.24) is 0 Å². The van der Waals surface area contributed by atoms with Crippen molar-refractivity contribution in [3.63, 3.8) is 0 Å². The first kappa shape index (κ1) is 21.6. The van der Waals surface area contributed by atoms with Gasteiger partial charge in [-0.2, -0.15) is 8.42 Å². The van der Waals surface area contributed by atoms with Gasteiger partial charge in [0.2, 0.25) is 0 Å². The summed E-state index contributed by atoms with van der Waals surface area (Å²) in [5.41, 5.74) is 3.46. The Morgan fingerprint density at radius 2 is 1.79 bits per heavy atom. The summed E-state index contributed by atoms with van der Waals surface area (Å²) in [6.07, 6.45) is 15.2. The first-order valence-corrected chi connectivity index (χ1v) is 11.9. The molecule has 29 heavy (non-hydrogen) atoms. The van der Waals surface area contributed by atoms with Crippen molar-refractivity contribution >= 4 is 15.8 Å². The molecule has 3 atom stereocenters. The number of hydrogen-bond donors (Lipinski definition) is 1. The van der Waals surface area contributed by atoms with E-state index in [0.29, 0.717) is 18.8 Å². The molecule has 3 unspecified atom stereocenters. The van der Waals surface area contributed by atoms with Crippen LogP contribution in [-0.4, -0.2) is 25.8 Å². The minimum Gasteiger partial charge on any atom is -0.345 e. The Bertz CT molecular complexity index is 944. The summed E-state index contributed by atoms with van der Waals surface area (Å²) >= 11 is 0. The van der Waals surface area contributed by atoms with Gasteiger partial charge < -0.3 is 4.90 Å². The smallest absolute Gasteiger partial charge is 0.264 e. The van der Waals surface area contributed by atoms with Crippen molar-refractivity contribution in [2.24, 2.45) is 17.3 Å². The summed E-state index contributed by atoms with van der Waals surface area (Å²) in [6, 6.07) is 10.3. The zero-order valence-electron chi connectivity index (χ0n) is 17.5. The maximum absolute atomic E-state index is 11.3. The molecule has 0 aromatic heterocycles. The van der Waals surface area contributed by atoms with E-state index >= 15 is 0 Å². The summed E-state index contributed by atoms with van der Waals surface area (Å²) in [7, 11) is -1.86. The van der Waals surface area contributed by atoms with Crippen molar-refractivity contribution in [3.05, 3.63) is 78.1 Å². The van der Waals surface area contributed by atoms with E-state index in [1.54, 1.807) is 0 Å². The highest BCUT2D eigenvalue weighted by molar-refractivity contribution is 7.85. The van der Waals surface area contributed by atoms with E-state index in [0.717, 1.165) is 12.1 Å². The van der Waals surface area contributed by atoms with E-state index in [1.165, 1.54) is 11.3 Å². The number of nitrogens with zero attached hydrogens (tertiary/aromatic N) is 1. The molecule has 0 amide bonds. The van der Waals surface area contributed by atoms with Crippen LogP contribution in [0.1, 0.15) is 33.1 Å². The molecule has 1 N–H and O–H groups in total. The largest absolute Gasteiger partial charge is 0.345 e. The monoisotopic (exact) mass is 413 g/mol. The molecule has 5 heteroatoms. The second-order valence-electron chi connectivity index (χ2n) is 8.23. The highest BCUT2D eigenvalue weighted by atomic mass is 32.2. The van der Waals surface area contributed by atoms with Gasteiger partial charge in [0, 0.05) is 30.3 Å². The van der Waals surface area contributed by atoms with Gasteiger partial charge in [-0.3, -0.25) is 4.55 Å². The molecule has 156 valence electrons. The van der Waals surface area contributed by atoms with Crippen LogP contribution >= 0.6 is 0 Å². The zero-order chi connectivity index (χ0) is 21.1. The Kier molecular flexibility index (Phi) is 6.49. The van der Waals surface area contributed by atoms with Gasteiger partial charge in [0.05, 0.1) is 5.75 Å². The third-order valence-corrected chi connectivity index (χ3v) is 7.13. The molecule has 0 saturated heterocycles. The number of hydrogen-bond acceptors (Lipinski definition) is 3. The quantitative estimate of drug-likeness (QED) is 0.581. The molecule has 4 nitrogen and oxygen atoms in total. The van der Waals surface area contributed by atoms with Crippen molar-refractivity contribution in [2.45, 2.75) is 33.1 Å². The molecule has 0 fully saturated rings. The fraction of sp³-hybridized carbons (Fsp3) is 0.417. The predicted octanol–water partition coefficient (Wildman–Crippen LogP) is 5.39. The fourth-order valence-electron chi connectivity index (χ4n) is 4.50. The van der Waals surface area contributed by atoms with Crippen LogP contribution in [0, 0.1) is 17.3 Å². The first-order valence-electron chi connectivity index (χ1n) is 10.3. The molecule has 3 rings (SSSR count).